The Morgan fingerprint density at radius 3 is 2.23 bits per heavy atom. The van der Waals surface area contributed by atoms with Crippen molar-refractivity contribution in [1.82, 2.24) is 4.90 Å². The maximum atomic E-state index is 12.1. The third kappa shape index (κ3) is 4.98. The van der Waals surface area contributed by atoms with Crippen LogP contribution in [0.1, 0.15) is 20.8 Å². The van der Waals surface area contributed by atoms with Gasteiger partial charge in [0.2, 0.25) is 0 Å². The molecule has 0 spiro atoms. The van der Waals surface area contributed by atoms with Crippen molar-refractivity contribution in [3.05, 3.63) is 12.7 Å². The van der Waals surface area contributed by atoms with Crippen LogP contribution in [0.4, 0.5) is 4.79 Å². The molecule has 0 aromatic rings. The van der Waals surface area contributed by atoms with Crippen molar-refractivity contribution in [3.63, 3.8) is 0 Å². The van der Waals surface area contributed by atoms with Gasteiger partial charge in [0.25, 0.3) is 0 Å². The first kappa shape index (κ1) is 20.9. The molecule has 0 aliphatic carbocycles. The summed E-state index contributed by atoms with van der Waals surface area (Å²) in [5, 5.41) is 0. The molecule has 1 heterocycles. The first-order valence-corrected chi connectivity index (χ1v) is 7.55. The van der Waals surface area contributed by atoms with E-state index in [1.165, 1.54) is 0 Å². The van der Waals surface area contributed by atoms with Crippen molar-refractivity contribution in [2.45, 2.75) is 26.8 Å². The van der Waals surface area contributed by atoms with Crippen LogP contribution in [0.25, 0.3) is 0 Å². The van der Waals surface area contributed by atoms with Gasteiger partial charge in [-0.3, -0.25) is 4.90 Å². The summed E-state index contributed by atoms with van der Waals surface area (Å²) in [7, 11) is 0. The molecule has 1 saturated heterocycles. The van der Waals surface area contributed by atoms with E-state index in [0.29, 0.717) is 50.4 Å². The molecule has 128 valence electrons. The van der Waals surface area contributed by atoms with E-state index in [1.807, 2.05) is 13.0 Å². The maximum Gasteiger partial charge on any atom is 0.410 e. The van der Waals surface area contributed by atoms with Crippen molar-refractivity contribution in [1.29, 1.82) is 0 Å². The average molecular weight is 379 g/mol. The second kappa shape index (κ2) is 9.84. The number of hydrogen-bond donors (Lipinski definition) is 0. The second-order valence-corrected chi connectivity index (χ2v) is 5.25. The van der Waals surface area contributed by atoms with Crippen molar-refractivity contribution in [2.24, 2.45) is 0 Å². The Bertz CT molecular complexity index is 382. The van der Waals surface area contributed by atoms with Gasteiger partial charge in [0.1, 0.15) is 0 Å². The van der Waals surface area contributed by atoms with E-state index < -0.39 is 0 Å². The number of amides is 1. The highest BCUT2D eigenvalue weighted by molar-refractivity contribution is 5.74. The zero-order chi connectivity index (χ0) is 15.9. The van der Waals surface area contributed by atoms with Crippen LogP contribution in [0.3, 0.4) is 0 Å². The molecule has 0 N–H and O–H groups in total. The lowest BCUT2D eigenvalue weighted by Gasteiger charge is -2.46. The monoisotopic (exact) mass is 378 g/mol. The number of esters is 1. The molecule has 0 saturated carbocycles. The van der Waals surface area contributed by atoms with Crippen LogP contribution in [0.2, 0.25) is 0 Å². The minimum atomic E-state index is -0.280. The fraction of sp³-hybridized carbons (Fsp3) is 0.733. The van der Waals surface area contributed by atoms with Gasteiger partial charge >= 0.3 is 12.1 Å². The summed E-state index contributed by atoms with van der Waals surface area (Å²) in [6, 6.07) is -0.257. The Kier molecular flexibility index (Phi) is 9.36. The number of nitrogens with zero attached hydrogens (tertiary/aromatic N) is 2. The number of carbonyl (C=O) groups is 2. The summed E-state index contributed by atoms with van der Waals surface area (Å²) in [4.78, 5) is 25.5. The standard InChI is InChI=1S/C15H27N2O4.BrH/c1-5-10-17(13(4)14(18)20-6-2)11-8-16(9-12-17)15(19)21-7-3;/h5,13H,1,6-12H2,2-4H3;1H/q+1;/p-1. The number of hydrogen-bond acceptors (Lipinski definition) is 4. The summed E-state index contributed by atoms with van der Waals surface area (Å²) >= 11 is 0. The van der Waals surface area contributed by atoms with Crippen LogP contribution in [0, 0.1) is 0 Å². The molecule has 1 rings (SSSR count). The zero-order valence-electron chi connectivity index (χ0n) is 13.7. The van der Waals surface area contributed by atoms with Crippen molar-refractivity contribution < 1.29 is 40.5 Å². The van der Waals surface area contributed by atoms with Gasteiger partial charge in [-0.15, -0.1) is 0 Å². The number of piperazine rings is 1. The summed E-state index contributed by atoms with van der Waals surface area (Å²) < 4.78 is 10.8. The number of quaternary nitrogens is 1. The largest absolute Gasteiger partial charge is 1.00 e. The number of halogens is 1. The van der Waals surface area contributed by atoms with E-state index in [2.05, 4.69) is 6.58 Å². The molecule has 0 aromatic heterocycles. The fourth-order valence-corrected chi connectivity index (χ4v) is 2.73. The number of ether oxygens (including phenoxy) is 2. The predicted molar refractivity (Wildman–Crippen MR) is 79.7 cm³/mol. The van der Waals surface area contributed by atoms with Crippen LogP contribution in [-0.4, -0.2) is 73.4 Å². The maximum absolute atomic E-state index is 12.1. The van der Waals surface area contributed by atoms with Crippen LogP contribution in [0.15, 0.2) is 12.7 Å². The Morgan fingerprint density at radius 1 is 1.23 bits per heavy atom. The second-order valence-electron chi connectivity index (χ2n) is 5.25. The molecule has 0 aromatic carbocycles. The van der Waals surface area contributed by atoms with E-state index in [4.69, 9.17) is 9.47 Å². The van der Waals surface area contributed by atoms with Gasteiger partial charge < -0.3 is 30.9 Å². The molecular formula is C15H27BrN2O4. The van der Waals surface area contributed by atoms with Crippen LogP contribution in [0.5, 0.6) is 0 Å². The molecule has 6 nitrogen and oxygen atoms in total. The third-order valence-electron chi connectivity index (χ3n) is 4.10. The van der Waals surface area contributed by atoms with Gasteiger partial charge in [0.15, 0.2) is 6.04 Å². The molecule has 1 amide bonds. The minimum Gasteiger partial charge on any atom is -1.00 e. The molecule has 1 atom stereocenters. The van der Waals surface area contributed by atoms with E-state index >= 15 is 0 Å². The highest BCUT2D eigenvalue weighted by Gasteiger charge is 2.42. The molecule has 7 heteroatoms. The minimum absolute atomic E-state index is 0. The van der Waals surface area contributed by atoms with E-state index in [0.717, 1.165) is 0 Å². The van der Waals surface area contributed by atoms with Crippen LogP contribution in [-0.2, 0) is 14.3 Å². The summed E-state index contributed by atoms with van der Waals surface area (Å²) in [5.74, 6) is -0.191. The zero-order valence-corrected chi connectivity index (χ0v) is 15.3. The summed E-state index contributed by atoms with van der Waals surface area (Å²) in [6.07, 6.45) is 1.55. The fourth-order valence-electron chi connectivity index (χ4n) is 2.73. The normalized spacial score (nSPS) is 17.9. The van der Waals surface area contributed by atoms with Crippen molar-refractivity contribution in [2.75, 3.05) is 45.9 Å². The lowest BCUT2D eigenvalue weighted by Crippen LogP contribution is -3.00. The molecule has 0 radical (unpaired) electrons. The first-order chi connectivity index (χ1) is 10.0. The van der Waals surface area contributed by atoms with Crippen LogP contribution >= 0.6 is 0 Å². The number of carbonyl (C=O) groups excluding carboxylic acids is 2. The lowest BCUT2D eigenvalue weighted by molar-refractivity contribution is -0.939. The van der Waals surface area contributed by atoms with Gasteiger partial charge in [-0.1, -0.05) is 6.58 Å². The van der Waals surface area contributed by atoms with Gasteiger partial charge in [-0.25, -0.2) is 9.59 Å². The first-order valence-electron chi connectivity index (χ1n) is 7.55. The molecule has 1 unspecified atom stereocenters. The van der Waals surface area contributed by atoms with Gasteiger partial charge in [-0.2, -0.15) is 0 Å². The predicted octanol–water partition coefficient (Wildman–Crippen LogP) is -1.58. The molecule has 22 heavy (non-hydrogen) atoms. The number of rotatable bonds is 6. The Balaban J connectivity index is 0.00000441. The quantitative estimate of drug-likeness (QED) is 0.318. The molecule has 0 bridgehead atoms. The Hall–Kier alpha value is -1.08. The average Bonchev–Trinajstić information content (AvgIpc) is 2.48. The molecule has 1 aliphatic heterocycles. The third-order valence-corrected chi connectivity index (χ3v) is 4.10. The Labute approximate surface area is 143 Å². The Morgan fingerprint density at radius 2 is 1.77 bits per heavy atom. The van der Waals surface area contributed by atoms with Crippen LogP contribution < -0.4 is 17.0 Å². The highest BCUT2D eigenvalue weighted by Crippen LogP contribution is 2.20. The van der Waals surface area contributed by atoms with Crippen molar-refractivity contribution in [3.8, 4) is 0 Å². The molecular weight excluding hydrogens is 352 g/mol. The van der Waals surface area contributed by atoms with E-state index in [1.54, 1.807) is 18.7 Å². The summed E-state index contributed by atoms with van der Waals surface area (Å²) in [5.41, 5.74) is 0. The van der Waals surface area contributed by atoms with Gasteiger partial charge in [-0.05, 0) is 26.8 Å². The van der Waals surface area contributed by atoms with E-state index in [9.17, 15) is 9.59 Å². The lowest BCUT2D eigenvalue weighted by atomic mass is 10.1. The highest BCUT2D eigenvalue weighted by atomic mass is 79.9. The van der Waals surface area contributed by atoms with Gasteiger partial charge in [0.05, 0.1) is 45.9 Å². The smallest absolute Gasteiger partial charge is 0.410 e. The summed E-state index contributed by atoms with van der Waals surface area (Å²) in [6.45, 7) is 13.3. The van der Waals surface area contributed by atoms with Crippen molar-refractivity contribution >= 4 is 12.1 Å². The van der Waals surface area contributed by atoms with E-state index in [-0.39, 0.29) is 35.1 Å². The van der Waals surface area contributed by atoms with Gasteiger partial charge in [0, 0.05) is 0 Å². The molecule has 1 aliphatic rings. The molecule has 1 fully saturated rings. The topological polar surface area (TPSA) is 55.8 Å². The SMILES string of the molecule is C=CC[N+]1(C(C)C(=O)OCC)CCN(C(=O)OCC)CC1.[Br-].